The van der Waals surface area contributed by atoms with Crippen LogP contribution in [0.5, 0.6) is 0 Å². The van der Waals surface area contributed by atoms with Crippen LogP contribution in [0, 0.1) is 12.8 Å². The lowest BCUT2D eigenvalue weighted by atomic mass is 10.2. The molecule has 7 nitrogen and oxygen atoms in total. The summed E-state index contributed by atoms with van der Waals surface area (Å²) in [5, 5.41) is 7.58. The van der Waals surface area contributed by atoms with Crippen LogP contribution in [0.25, 0.3) is 0 Å². The van der Waals surface area contributed by atoms with E-state index in [0.717, 1.165) is 30.0 Å². The van der Waals surface area contributed by atoms with Crippen LogP contribution in [0.1, 0.15) is 60.0 Å². The maximum atomic E-state index is 12.0. The first-order valence-electron chi connectivity index (χ1n) is 9.73. The molecule has 0 aliphatic heterocycles. The Labute approximate surface area is 166 Å². The molecule has 0 saturated heterocycles. The summed E-state index contributed by atoms with van der Waals surface area (Å²) >= 11 is 1.38. The summed E-state index contributed by atoms with van der Waals surface area (Å²) in [6.07, 6.45) is 2.60. The van der Waals surface area contributed by atoms with Crippen molar-refractivity contribution in [3.63, 3.8) is 0 Å². The molecule has 1 aliphatic rings. The average Bonchev–Trinajstić information content (AvgIpc) is 3.35. The molecule has 0 amide bonds. The van der Waals surface area contributed by atoms with Crippen LogP contribution >= 0.6 is 11.3 Å². The number of thiazole rings is 1. The highest BCUT2D eigenvalue weighted by Crippen LogP contribution is 2.34. The maximum absolute atomic E-state index is 12.0. The van der Waals surface area contributed by atoms with Crippen molar-refractivity contribution in [3.8, 4) is 0 Å². The molecule has 2 rings (SSSR count). The number of aliphatic imine (C=N–C) groups is 1. The van der Waals surface area contributed by atoms with Gasteiger partial charge in [0.15, 0.2) is 5.96 Å². The van der Waals surface area contributed by atoms with Gasteiger partial charge in [0.1, 0.15) is 9.88 Å². The van der Waals surface area contributed by atoms with Gasteiger partial charge in [-0.15, -0.1) is 11.3 Å². The van der Waals surface area contributed by atoms with E-state index >= 15 is 0 Å². The van der Waals surface area contributed by atoms with Crippen molar-refractivity contribution in [3.05, 3.63) is 15.6 Å². The monoisotopic (exact) mass is 395 g/mol. The fourth-order valence-electron chi connectivity index (χ4n) is 2.98. The van der Waals surface area contributed by atoms with Crippen molar-refractivity contribution < 1.29 is 9.53 Å². The number of carbonyl (C=O) groups excluding carboxylic acids is 1. The van der Waals surface area contributed by atoms with Gasteiger partial charge in [0, 0.05) is 12.6 Å². The molecule has 1 fully saturated rings. The van der Waals surface area contributed by atoms with E-state index in [4.69, 9.17) is 9.73 Å². The first-order chi connectivity index (χ1) is 12.9. The second-order valence-electron chi connectivity index (χ2n) is 7.14. The topological polar surface area (TPSA) is 78.9 Å². The van der Waals surface area contributed by atoms with Crippen molar-refractivity contribution in [1.29, 1.82) is 0 Å². The predicted molar refractivity (Wildman–Crippen MR) is 111 cm³/mol. The van der Waals surface area contributed by atoms with Gasteiger partial charge in [0.2, 0.25) is 0 Å². The Morgan fingerprint density at radius 2 is 2.11 bits per heavy atom. The lowest BCUT2D eigenvalue weighted by molar-refractivity contribution is 0.0531. The van der Waals surface area contributed by atoms with Gasteiger partial charge in [-0.05, 0) is 60.5 Å². The van der Waals surface area contributed by atoms with E-state index in [1.807, 2.05) is 13.8 Å². The van der Waals surface area contributed by atoms with Crippen LogP contribution in [-0.2, 0) is 4.74 Å². The van der Waals surface area contributed by atoms with E-state index in [1.165, 1.54) is 24.2 Å². The highest BCUT2D eigenvalue weighted by Gasteiger charge is 2.32. The smallest absolute Gasteiger partial charge is 0.350 e. The molecule has 0 aromatic carbocycles. The zero-order chi connectivity index (χ0) is 20.0. The zero-order valence-electron chi connectivity index (χ0n) is 17.3. The number of likely N-dealkylation sites (N-methyl/N-ethyl adjacent to an activating group) is 1. The number of ether oxygens (including phenoxy) is 1. The average molecular weight is 396 g/mol. The highest BCUT2D eigenvalue weighted by molar-refractivity contribution is 7.13. The molecule has 1 aliphatic carbocycles. The Hall–Kier alpha value is -1.67. The zero-order valence-corrected chi connectivity index (χ0v) is 18.2. The summed E-state index contributed by atoms with van der Waals surface area (Å²) in [4.78, 5) is 24.2. The minimum Gasteiger partial charge on any atom is -0.462 e. The number of esters is 1. The molecule has 2 unspecified atom stereocenters. The van der Waals surface area contributed by atoms with Gasteiger partial charge in [-0.3, -0.25) is 4.99 Å². The Morgan fingerprint density at radius 3 is 2.67 bits per heavy atom. The van der Waals surface area contributed by atoms with Crippen LogP contribution in [0.2, 0.25) is 0 Å². The number of nitrogens with one attached hydrogen (secondary N) is 2. The Balaban J connectivity index is 2.05. The second-order valence-corrected chi connectivity index (χ2v) is 8.17. The summed E-state index contributed by atoms with van der Waals surface area (Å²) in [7, 11) is 4.24. The molecular weight excluding hydrogens is 362 g/mol. The van der Waals surface area contributed by atoms with Crippen LogP contribution in [0.3, 0.4) is 0 Å². The van der Waals surface area contributed by atoms with Crippen LogP contribution in [-0.4, -0.2) is 61.6 Å². The molecule has 27 heavy (non-hydrogen) atoms. The van der Waals surface area contributed by atoms with Crippen LogP contribution in [0.15, 0.2) is 4.99 Å². The first-order valence-corrected chi connectivity index (χ1v) is 10.5. The number of carbonyl (C=O) groups is 1. The van der Waals surface area contributed by atoms with Crippen LogP contribution < -0.4 is 10.6 Å². The fourth-order valence-corrected chi connectivity index (χ4v) is 3.94. The van der Waals surface area contributed by atoms with Gasteiger partial charge in [-0.25, -0.2) is 9.78 Å². The Bertz CT molecular complexity index is 653. The molecule has 2 atom stereocenters. The number of aromatic nitrogens is 1. The summed E-state index contributed by atoms with van der Waals surface area (Å²) in [5.41, 5.74) is 0.713. The molecule has 2 N–H and O–H groups in total. The number of rotatable bonds is 9. The van der Waals surface area contributed by atoms with Gasteiger partial charge in [0.25, 0.3) is 0 Å². The number of hydrogen-bond donors (Lipinski definition) is 2. The molecule has 1 aromatic heterocycles. The van der Waals surface area contributed by atoms with Gasteiger partial charge < -0.3 is 20.3 Å². The number of aryl methyl sites for hydroxylation is 1. The molecule has 8 heteroatoms. The van der Waals surface area contributed by atoms with Gasteiger partial charge in [-0.2, -0.15) is 0 Å². The molecule has 0 bridgehead atoms. The molecule has 152 valence electrons. The van der Waals surface area contributed by atoms with Crippen molar-refractivity contribution >= 4 is 23.3 Å². The predicted octanol–water partition coefficient (Wildman–Crippen LogP) is 2.58. The third kappa shape index (κ3) is 6.17. The third-order valence-corrected chi connectivity index (χ3v) is 5.93. The van der Waals surface area contributed by atoms with E-state index in [-0.39, 0.29) is 12.0 Å². The second kappa shape index (κ2) is 10.0. The SMILES string of the molecule is CCNC(=NCC(C1CC1)N(C)C)NC(C)c1nc(C)c(C(=O)OCC)s1. The number of nitrogens with zero attached hydrogens (tertiary/aromatic N) is 3. The lowest BCUT2D eigenvalue weighted by Crippen LogP contribution is -2.40. The summed E-state index contributed by atoms with van der Waals surface area (Å²) in [5.74, 6) is 1.24. The molecular formula is C19H33N5O2S. The van der Waals surface area contributed by atoms with Crippen molar-refractivity contribution in [2.24, 2.45) is 10.9 Å². The van der Waals surface area contributed by atoms with E-state index in [0.29, 0.717) is 23.2 Å². The maximum Gasteiger partial charge on any atom is 0.350 e. The minimum atomic E-state index is -0.301. The normalized spacial score (nSPS) is 16.9. The fraction of sp³-hybridized carbons (Fsp3) is 0.737. The molecule has 1 heterocycles. The Morgan fingerprint density at radius 1 is 1.41 bits per heavy atom. The lowest BCUT2D eigenvalue weighted by Gasteiger charge is -2.23. The van der Waals surface area contributed by atoms with Gasteiger partial charge in [-0.1, -0.05) is 0 Å². The van der Waals surface area contributed by atoms with E-state index < -0.39 is 0 Å². The minimum absolute atomic E-state index is 0.0478. The standard InChI is InChI=1S/C19H33N5O2S/c1-7-20-19(21-11-15(24(5)6)14-9-10-14)23-13(4)17-22-12(3)16(27-17)18(25)26-8-2/h13-15H,7-11H2,1-6H3,(H2,20,21,23). The van der Waals surface area contributed by atoms with Crippen molar-refractivity contribution in [2.45, 2.75) is 52.6 Å². The van der Waals surface area contributed by atoms with Gasteiger partial charge >= 0.3 is 5.97 Å². The number of guanidine groups is 1. The summed E-state index contributed by atoms with van der Waals surface area (Å²) in [6, 6.07) is 0.432. The molecule has 1 saturated carbocycles. The van der Waals surface area contributed by atoms with E-state index in [9.17, 15) is 4.79 Å². The molecule has 0 radical (unpaired) electrons. The van der Waals surface area contributed by atoms with Crippen LogP contribution in [0.4, 0.5) is 0 Å². The largest absolute Gasteiger partial charge is 0.462 e. The summed E-state index contributed by atoms with van der Waals surface area (Å²) < 4.78 is 5.11. The van der Waals surface area contributed by atoms with Gasteiger partial charge in [0.05, 0.1) is 24.9 Å². The van der Waals surface area contributed by atoms with Crippen molar-refractivity contribution in [1.82, 2.24) is 20.5 Å². The summed E-state index contributed by atoms with van der Waals surface area (Å²) in [6.45, 7) is 9.66. The molecule has 1 aromatic rings. The molecule has 0 spiro atoms. The number of hydrogen-bond acceptors (Lipinski definition) is 6. The Kier molecular flexibility index (Phi) is 8.04. The van der Waals surface area contributed by atoms with Crippen molar-refractivity contribution in [2.75, 3.05) is 33.8 Å². The highest BCUT2D eigenvalue weighted by atomic mass is 32.1. The first kappa shape index (κ1) is 21.6. The van der Waals surface area contributed by atoms with E-state index in [2.05, 4.69) is 41.5 Å². The quantitative estimate of drug-likeness (QED) is 0.380. The third-order valence-electron chi connectivity index (χ3n) is 4.61. The van der Waals surface area contributed by atoms with E-state index in [1.54, 1.807) is 6.92 Å².